The van der Waals surface area contributed by atoms with Gasteiger partial charge in [-0.1, -0.05) is 11.2 Å². The molecule has 0 spiro atoms. The number of thiophene rings is 1. The van der Waals surface area contributed by atoms with Crippen molar-refractivity contribution < 1.29 is 36.9 Å². The van der Waals surface area contributed by atoms with Crippen LogP contribution in [0.4, 0.5) is 4.79 Å². The molecule has 31 heavy (non-hydrogen) atoms. The minimum atomic E-state index is -4.72. The van der Waals surface area contributed by atoms with E-state index in [1.54, 1.807) is 38.3 Å². The first-order valence-electron chi connectivity index (χ1n) is 9.09. The van der Waals surface area contributed by atoms with E-state index in [4.69, 9.17) is 14.1 Å². The molecule has 0 aromatic carbocycles. The molecule has 0 radical (unpaired) electrons. The molecule has 14 heteroatoms. The Bertz CT molecular complexity index is 969. The minimum absolute atomic E-state index is 0.182. The van der Waals surface area contributed by atoms with E-state index in [1.165, 1.54) is 25.2 Å². The van der Waals surface area contributed by atoms with Crippen molar-refractivity contribution in [2.24, 2.45) is 5.16 Å². The summed E-state index contributed by atoms with van der Waals surface area (Å²) < 4.78 is 36.8. The van der Waals surface area contributed by atoms with Crippen molar-refractivity contribution in [2.75, 3.05) is 0 Å². The number of alkyl carbamates (subject to hydrolysis) is 1. The van der Waals surface area contributed by atoms with Gasteiger partial charge in [0, 0.05) is 0 Å². The molecule has 3 N–H and O–H groups in total. The van der Waals surface area contributed by atoms with E-state index < -0.39 is 52.1 Å². The predicted octanol–water partition coefficient (Wildman–Crippen LogP) is 0.858. The van der Waals surface area contributed by atoms with Crippen LogP contribution >= 0.6 is 11.3 Å². The quantitative estimate of drug-likeness (QED) is 0.171. The fraction of sp³-hybridized carbons (Fsp3) is 0.529. The van der Waals surface area contributed by atoms with Crippen molar-refractivity contribution >= 4 is 45.3 Å². The van der Waals surface area contributed by atoms with Crippen molar-refractivity contribution in [3.8, 4) is 0 Å². The lowest BCUT2D eigenvalue weighted by Crippen LogP contribution is -2.71. The number of nitrogens with zero attached hydrogens (tertiary/aromatic N) is 2. The van der Waals surface area contributed by atoms with Crippen molar-refractivity contribution in [1.29, 1.82) is 0 Å². The molecule has 1 aromatic heterocycles. The third kappa shape index (κ3) is 6.38. The third-order valence-corrected chi connectivity index (χ3v) is 5.75. The summed E-state index contributed by atoms with van der Waals surface area (Å²) in [4.78, 5) is 42.1. The van der Waals surface area contributed by atoms with Crippen molar-refractivity contribution in [3.63, 3.8) is 0 Å². The van der Waals surface area contributed by atoms with Gasteiger partial charge < -0.3 is 14.9 Å². The highest BCUT2D eigenvalue weighted by molar-refractivity contribution is 7.84. The number of carbonyl (C=O) groups is 3. The monoisotopic (exact) mass is 476 g/mol. The van der Waals surface area contributed by atoms with E-state index in [1.807, 2.05) is 0 Å². The van der Waals surface area contributed by atoms with Gasteiger partial charge in [0.1, 0.15) is 11.6 Å². The van der Waals surface area contributed by atoms with Gasteiger partial charge in [-0.25, -0.2) is 9.10 Å². The summed E-state index contributed by atoms with van der Waals surface area (Å²) in [6, 6.07) is 1.11. The number of hydrogen-bond donors (Lipinski definition) is 3. The molecule has 2 heterocycles. The lowest BCUT2D eigenvalue weighted by atomic mass is 10.0. The molecule has 3 amide bonds. The molecule has 12 nitrogen and oxygen atoms in total. The second kappa shape index (κ2) is 9.20. The van der Waals surface area contributed by atoms with Gasteiger partial charge in [-0.2, -0.15) is 8.42 Å². The maximum atomic E-state index is 12.7. The Morgan fingerprint density at radius 2 is 2.00 bits per heavy atom. The number of hydrogen-bond acceptors (Lipinski definition) is 9. The highest BCUT2D eigenvalue weighted by Gasteiger charge is 2.51. The van der Waals surface area contributed by atoms with E-state index >= 15 is 0 Å². The molecule has 1 aliphatic rings. The molecule has 1 fully saturated rings. The number of amides is 3. The zero-order valence-corrected chi connectivity index (χ0v) is 19.1. The number of rotatable bonds is 7. The molecule has 3 atom stereocenters. The molecule has 172 valence electrons. The topological polar surface area (TPSA) is 164 Å². The van der Waals surface area contributed by atoms with Crippen LogP contribution in [0.3, 0.4) is 0 Å². The first kappa shape index (κ1) is 24.6. The van der Waals surface area contributed by atoms with Crippen LogP contribution in [-0.2, 0) is 29.5 Å². The molecule has 1 aromatic rings. The van der Waals surface area contributed by atoms with E-state index in [0.717, 1.165) is 0 Å². The van der Waals surface area contributed by atoms with Gasteiger partial charge in [0.05, 0.1) is 10.9 Å². The predicted molar refractivity (Wildman–Crippen MR) is 111 cm³/mol. The van der Waals surface area contributed by atoms with Crippen molar-refractivity contribution in [1.82, 2.24) is 14.9 Å². The van der Waals surface area contributed by atoms with Gasteiger partial charge in [0.25, 0.3) is 11.8 Å². The Labute approximate surface area is 183 Å². The average molecular weight is 477 g/mol. The van der Waals surface area contributed by atoms with Gasteiger partial charge in [-0.15, -0.1) is 11.3 Å². The lowest BCUT2D eigenvalue weighted by Gasteiger charge is -2.42. The fourth-order valence-electron chi connectivity index (χ4n) is 2.56. The zero-order chi connectivity index (χ0) is 23.6. The SMILES string of the molecule is CC(NC(=O)OC(C)(C)C)O/N=C(\C(=O)N[C@@H]1C(=O)N(S(=O)(=O)O)[C@H]1C)c1cccs1. The zero-order valence-electron chi connectivity index (χ0n) is 17.5. The highest BCUT2D eigenvalue weighted by atomic mass is 32.2. The maximum Gasteiger partial charge on any atom is 0.410 e. The highest BCUT2D eigenvalue weighted by Crippen LogP contribution is 2.23. The lowest BCUT2D eigenvalue weighted by molar-refractivity contribution is -0.143. The molecular weight excluding hydrogens is 452 g/mol. The number of β-lactam (4-membered cyclic amide) rings is 1. The van der Waals surface area contributed by atoms with E-state index in [0.29, 0.717) is 4.88 Å². The van der Waals surface area contributed by atoms with Crippen LogP contribution in [-0.4, -0.2) is 64.8 Å². The second-order valence-corrected chi connectivity index (χ2v) is 9.85. The molecule has 1 saturated heterocycles. The molecule has 0 aliphatic carbocycles. The first-order chi connectivity index (χ1) is 14.2. The van der Waals surface area contributed by atoms with Crippen molar-refractivity contribution in [2.45, 2.75) is 58.5 Å². The summed E-state index contributed by atoms with van der Waals surface area (Å²) in [5.41, 5.74) is -0.894. The number of carbonyl (C=O) groups excluding carboxylic acids is 3. The van der Waals surface area contributed by atoms with Crippen LogP contribution in [0.25, 0.3) is 0 Å². The molecule has 2 rings (SSSR count). The number of nitrogens with one attached hydrogen (secondary N) is 2. The number of oxime groups is 1. The Balaban J connectivity index is 2.08. The van der Waals surface area contributed by atoms with Crippen LogP contribution in [0.2, 0.25) is 0 Å². The summed E-state index contributed by atoms with van der Waals surface area (Å²) in [7, 11) is -4.72. The van der Waals surface area contributed by atoms with Crippen LogP contribution < -0.4 is 10.6 Å². The molecule has 0 saturated carbocycles. The standard InChI is InChI=1S/C17H24N4O8S2/c1-9-12(15(23)21(9)31(25,26)27)19-14(22)13(11-7-6-8-30-11)20-29-10(2)18-16(24)28-17(3,4)5/h6-10,12H,1-5H3,(H,18,24)(H,19,22)(H,25,26,27)/b20-13-/t9-,10?,12-/m0/s1. The molecular formula is C17H24N4O8S2. The van der Waals surface area contributed by atoms with E-state index in [-0.39, 0.29) is 10.0 Å². The van der Waals surface area contributed by atoms with Gasteiger partial charge in [-0.05, 0) is 46.1 Å². The Morgan fingerprint density at radius 1 is 1.35 bits per heavy atom. The van der Waals surface area contributed by atoms with Gasteiger partial charge in [-0.3, -0.25) is 19.5 Å². The van der Waals surface area contributed by atoms with Gasteiger partial charge in [0.2, 0.25) is 0 Å². The summed E-state index contributed by atoms with van der Waals surface area (Å²) in [6.45, 7) is 7.91. The minimum Gasteiger partial charge on any atom is -0.444 e. The summed E-state index contributed by atoms with van der Waals surface area (Å²) in [6.07, 6.45) is -1.69. The molecule has 0 bridgehead atoms. The maximum absolute atomic E-state index is 12.7. The second-order valence-electron chi connectivity index (χ2n) is 7.61. The first-order valence-corrected chi connectivity index (χ1v) is 11.4. The Morgan fingerprint density at radius 3 is 2.48 bits per heavy atom. The van der Waals surface area contributed by atoms with Gasteiger partial charge >= 0.3 is 16.4 Å². The summed E-state index contributed by atoms with van der Waals surface area (Å²) >= 11 is 1.18. The van der Waals surface area contributed by atoms with E-state index in [2.05, 4.69) is 15.8 Å². The smallest absolute Gasteiger partial charge is 0.410 e. The summed E-state index contributed by atoms with van der Waals surface area (Å²) in [5, 5.41) is 10.3. The van der Waals surface area contributed by atoms with Crippen molar-refractivity contribution in [3.05, 3.63) is 22.4 Å². The fourth-order valence-corrected chi connectivity index (χ4v) is 4.14. The number of ether oxygens (including phenoxy) is 1. The average Bonchev–Trinajstić information content (AvgIpc) is 3.11. The summed E-state index contributed by atoms with van der Waals surface area (Å²) in [5.74, 6) is -1.78. The Kier molecular flexibility index (Phi) is 7.28. The molecule has 1 unspecified atom stereocenters. The normalized spacial score (nSPS) is 20.5. The van der Waals surface area contributed by atoms with Crippen LogP contribution in [0.1, 0.15) is 39.5 Å². The van der Waals surface area contributed by atoms with E-state index in [9.17, 15) is 22.8 Å². The largest absolute Gasteiger partial charge is 0.444 e. The van der Waals surface area contributed by atoms with Gasteiger partial charge in [0.15, 0.2) is 11.9 Å². The Hall–Kier alpha value is -2.71. The van der Waals surface area contributed by atoms with Crippen LogP contribution in [0.5, 0.6) is 0 Å². The van der Waals surface area contributed by atoms with Crippen LogP contribution in [0.15, 0.2) is 22.7 Å². The van der Waals surface area contributed by atoms with Crippen LogP contribution in [0, 0.1) is 0 Å². The molecule has 1 aliphatic heterocycles. The third-order valence-electron chi connectivity index (χ3n) is 3.86.